The smallest absolute Gasteiger partial charge is 0.339 e. The first-order valence-corrected chi connectivity index (χ1v) is 11.8. The molecule has 33 heavy (non-hydrogen) atoms. The van der Waals surface area contributed by atoms with Gasteiger partial charge in [-0.1, -0.05) is 15.9 Å². The molecule has 0 radical (unpaired) electrons. The van der Waals surface area contributed by atoms with Crippen molar-refractivity contribution in [2.45, 2.75) is 39.7 Å². The van der Waals surface area contributed by atoms with Gasteiger partial charge in [0.15, 0.2) is 7.05 Å². The Kier molecular flexibility index (Phi) is 5.26. The zero-order valence-corrected chi connectivity index (χ0v) is 20.5. The lowest BCUT2D eigenvalue weighted by Crippen LogP contribution is -2.35. The summed E-state index contributed by atoms with van der Waals surface area (Å²) in [5, 5.41) is 4.96. The monoisotopic (exact) mass is 507 g/mol. The number of nitrogens with one attached hydrogen (secondary N) is 1. The molecule has 0 atom stereocenters. The summed E-state index contributed by atoms with van der Waals surface area (Å²) in [4.78, 5) is 27.4. The van der Waals surface area contributed by atoms with Gasteiger partial charge in [0.2, 0.25) is 11.4 Å². The molecule has 0 amide bonds. The number of fused-ring (bicyclic) bond motifs is 7. The van der Waals surface area contributed by atoms with Gasteiger partial charge in [-0.05, 0) is 61.9 Å². The van der Waals surface area contributed by atoms with Crippen LogP contribution >= 0.6 is 15.9 Å². The van der Waals surface area contributed by atoms with E-state index in [-0.39, 0.29) is 18.2 Å². The summed E-state index contributed by atoms with van der Waals surface area (Å²) in [6.45, 7) is 14.4. The van der Waals surface area contributed by atoms with Crippen molar-refractivity contribution in [2.75, 3.05) is 6.61 Å². The number of rotatable bonds is 4. The second kappa shape index (κ2) is 8.01. The summed E-state index contributed by atoms with van der Waals surface area (Å²) in [6.07, 6.45) is 3.49. The van der Waals surface area contributed by atoms with Crippen LogP contribution in [0.15, 0.2) is 28.9 Å². The highest BCUT2D eigenvalue weighted by Gasteiger charge is 2.36. The van der Waals surface area contributed by atoms with Gasteiger partial charge in [0.25, 0.3) is 0 Å². The third-order valence-electron chi connectivity index (χ3n) is 6.36. The number of benzene rings is 2. The predicted molar refractivity (Wildman–Crippen MR) is 129 cm³/mol. The van der Waals surface area contributed by atoms with E-state index in [2.05, 4.69) is 50.4 Å². The molecule has 0 saturated heterocycles. The third-order valence-corrected chi connectivity index (χ3v) is 6.85. The summed E-state index contributed by atoms with van der Waals surface area (Å²) in [7, 11) is 1.96. The molecular formula is C25H24BrN4O3+. The van der Waals surface area contributed by atoms with Gasteiger partial charge in [-0.15, -0.1) is 4.68 Å². The Balaban J connectivity index is 2.04. The minimum Gasteiger partial charge on any atom is -0.339 e. The van der Waals surface area contributed by atoms with E-state index < -0.39 is 5.97 Å². The molecule has 2 aromatic carbocycles. The maximum absolute atomic E-state index is 13.3. The van der Waals surface area contributed by atoms with Crippen LogP contribution < -0.4 is 4.68 Å². The van der Waals surface area contributed by atoms with E-state index in [1.165, 1.54) is 0 Å². The minimum absolute atomic E-state index is 0.166. The molecule has 2 aromatic heterocycles. The Morgan fingerprint density at radius 1 is 1.36 bits per heavy atom. The summed E-state index contributed by atoms with van der Waals surface area (Å²) in [6, 6.07) is 6.28. The third kappa shape index (κ3) is 3.10. The van der Waals surface area contributed by atoms with E-state index in [9.17, 15) is 4.79 Å². The van der Waals surface area contributed by atoms with Crippen LogP contribution in [0.5, 0.6) is 0 Å². The molecule has 0 unspecified atom stereocenters. The second-order valence-electron chi connectivity index (χ2n) is 8.51. The average molecular weight is 508 g/mol. The van der Waals surface area contributed by atoms with Crippen LogP contribution in [0, 0.1) is 6.57 Å². The molecular weight excluding hydrogens is 484 g/mol. The fraction of sp³-hybridized carbons (Fsp3) is 0.320. The number of carbonyl (C=O) groups excluding carboxylic acids is 1. The lowest BCUT2D eigenvalue weighted by Gasteiger charge is -2.22. The summed E-state index contributed by atoms with van der Waals surface area (Å²) in [5.41, 5.74) is 6.47. The van der Waals surface area contributed by atoms with Gasteiger partial charge < -0.3 is 4.57 Å². The molecule has 0 bridgehead atoms. The summed E-state index contributed by atoms with van der Waals surface area (Å²) < 4.78 is 5.18. The Morgan fingerprint density at radius 3 is 2.85 bits per heavy atom. The fourth-order valence-corrected chi connectivity index (χ4v) is 5.50. The molecule has 2 heterocycles. The van der Waals surface area contributed by atoms with Crippen molar-refractivity contribution in [3.63, 3.8) is 0 Å². The number of hydrogen-bond acceptors (Lipinski definition) is 3. The maximum atomic E-state index is 13.3. The van der Waals surface area contributed by atoms with Gasteiger partial charge in [-0.3, -0.25) is 4.89 Å². The molecule has 7 nitrogen and oxygen atoms in total. The molecule has 1 aliphatic carbocycles. The quantitative estimate of drug-likeness (QED) is 0.166. The van der Waals surface area contributed by atoms with Crippen LogP contribution in [0.1, 0.15) is 48.4 Å². The number of aromatic amines is 1. The molecule has 0 saturated carbocycles. The van der Waals surface area contributed by atoms with Crippen LogP contribution in [0.25, 0.3) is 37.8 Å². The second-order valence-corrected chi connectivity index (χ2v) is 9.42. The van der Waals surface area contributed by atoms with Crippen molar-refractivity contribution in [3.8, 4) is 11.1 Å². The minimum atomic E-state index is -0.641. The topological polar surface area (TPSA) is 64.5 Å². The van der Waals surface area contributed by atoms with Crippen molar-refractivity contribution in [3.05, 3.63) is 57.1 Å². The zero-order valence-electron chi connectivity index (χ0n) is 19.0. The van der Waals surface area contributed by atoms with E-state index in [4.69, 9.17) is 16.3 Å². The van der Waals surface area contributed by atoms with Crippen LogP contribution in [0.4, 0.5) is 5.69 Å². The number of aromatic nitrogens is 3. The zero-order chi connectivity index (χ0) is 23.4. The Hall–Kier alpha value is -3.15. The largest absolute Gasteiger partial charge is 0.363 e. The van der Waals surface area contributed by atoms with Crippen LogP contribution in [0.3, 0.4) is 0 Å². The maximum Gasteiger partial charge on any atom is 0.363 e. The van der Waals surface area contributed by atoms with E-state index in [0.29, 0.717) is 5.69 Å². The summed E-state index contributed by atoms with van der Waals surface area (Å²) in [5.74, 6) is -0.641. The van der Waals surface area contributed by atoms with Gasteiger partial charge >= 0.3 is 5.97 Å². The standard InChI is InChI=1S/C25H23BrN4O3/c1-6-32-33-25(31)22-20-15(8-10-18-17(20)12-28-29(18)5)24-21(23(22)27-4)16-11-14(26)7-9-19(16)30(24)13(2)3/h7,9,11-13H,6,8,10H2,1-3,5H3/p+1. The first-order valence-electron chi connectivity index (χ1n) is 11.0. The lowest BCUT2D eigenvalue weighted by atomic mass is 9.83. The highest BCUT2D eigenvalue weighted by atomic mass is 79.9. The number of hydrogen-bond donors (Lipinski definition) is 1. The Morgan fingerprint density at radius 2 is 2.15 bits per heavy atom. The number of aryl methyl sites for hydroxylation is 2. The number of halogens is 1. The SMILES string of the molecule is [C-]#[N+]c1c(C(=O)OOCC)c2c(c3c1c1cc(Br)ccc1n3C(C)C)CCc1c-2c[nH][n+]1C. The van der Waals surface area contributed by atoms with Gasteiger partial charge in [-0.2, -0.15) is 9.99 Å². The van der Waals surface area contributed by atoms with E-state index in [0.717, 1.165) is 61.5 Å². The molecule has 0 spiro atoms. The number of carbonyl (C=O) groups is 1. The number of H-pyrrole nitrogens is 1. The molecule has 1 N–H and O–H groups in total. The Bertz CT molecular complexity index is 1490. The summed E-state index contributed by atoms with van der Waals surface area (Å²) >= 11 is 3.59. The van der Waals surface area contributed by atoms with Gasteiger partial charge in [-0.25, -0.2) is 9.64 Å². The molecule has 0 fully saturated rings. The average Bonchev–Trinajstić information content (AvgIpc) is 3.34. The molecule has 1 aliphatic rings. The molecule has 168 valence electrons. The molecule has 0 aliphatic heterocycles. The lowest BCUT2D eigenvalue weighted by molar-refractivity contribution is -0.733. The van der Waals surface area contributed by atoms with Crippen LogP contribution in [-0.2, 0) is 29.7 Å². The van der Waals surface area contributed by atoms with Crippen LogP contribution in [0.2, 0.25) is 0 Å². The normalized spacial score (nSPS) is 12.8. The first-order chi connectivity index (χ1) is 15.9. The van der Waals surface area contributed by atoms with Gasteiger partial charge in [0, 0.05) is 33.4 Å². The predicted octanol–water partition coefficient (Wildman–Crippen LogP) is 5.72. The van der Waals surface area contributed by atoms with Gasteiger partial charge in [0.1, 0.15) is 0 Å². The van der Waals surface area contributed by atoms with Crippen molar-refractivity contribution in [1.82, 2.24) is 9.67 Å². The van der Waals surface area contributed by atoms with Crippen molar-refractivity contribution < 1.29 is 19.3 Å². The van der Waals surface area contributed by atoms with E-state index in [1.807, 2.05) is 30.1 Å². The van der Waals surface area contributed by atoms with Crippen molar-refractivity contribution in [1.29, 1.82) is 0 Å². The molecule has 8 heteroatoms. The van der Waals surface area contributed by atoms with Crippen molar-refractivity contribution >= 4 is 49.4 Å². The highest BCUT2D eigenvalue weighted by molar-refractivity contribution is 9.10. The molecule has 5 rings (SSSR count). The van der Waals surface area contributed by atoms with E-state index >= 15 is 0 Å². The van der Waals surface area contributed by atoms with Gasteiger partial charge in [0.05, 0.1) is 30.5 Å². The van der Waals surface area contributed by atoms with Crippen LogP contribution in [-0.4, -0.2) is 22.2 Å². The fourth-order valence-electron chi connectivity index (χ4n) is 5.14. The number of nitrogens with zero attached hydrogens (tertiary/aromatic N) is 3. The molecule has 4 aromatic rings. The van der Waals surface area contributed by atoms with Crippen molar-refractivity contribution in [2.24, 2.45) is 7.05 Å². The van der Waals surface area contributed by atoms with E-state index in [1.54, 1.807) is 6.92 Å². The Labute approximate surface area is 199 Å². The highest BCUT2D eigenvalue weighted by Crippen LogP contribution is 2.49. The first kappa shape index (κ1) is 21.7.